The van der Waals surface area contributed by atoms with Crippen molar-refractivity contribution in [2.45, 2.75) is 23.9 Å². The van der Waals surface area contributed by atoms with E-state index >= 15 is 0 Å². The van der Waals surface area contributed by atoms with Crippen molar-refractivity contribution in [1.82, 2.24) is 4.98 Å². The summed E-state index contributed by atoms with van der Waals surface area (Å²) < 4.78 is 36.4. The summed E-state index contributed by atoms with van der Waals surface area (Å²) in [5, 5.41) is 3.33. The molecule has 4 nitrogen and oxygen atoms in total. The first-order valence-corrected chi connectivity index (χ1v) is 8.54. The molecule has 1 aromatic carbocycles. The molecule has 1 aromatic heterocycles. The van der Waals surface area contributed by atoms with Gasteiger partial charge in [-0.25, -0.2) is 17.8 Å². The Labute approximate surface area is 123 Å². The molecule has 6 heteroatoms. The van der Waals surface area contributed by atoms with Crippen LogP contribution < -0.4 is 5.32 Å². The number of anilines is 1. The molecule has 2 aromatic rings. The van der Waals surface area contributed by atoms with Crippen molar-refractivity contribution in [2.24, 2.45) is 0 Å². The molecular formula is C15H15FN2O2S. The lowest BCUT2D eigenvalue weighted by atomic mass is 10.1. The predicted octanol–water partition coefficient (Wildman–Crippen LogP) is 2.72. The van der Waals surface area contributed by atoms with Gasteiger partial charge < -0.3 is 5.32 Å². The van der Waals surface area contributed by atoms with Gasteiger partial charge >= 0.3 is 0 Å². The second kappa shape index (κ2) is 5.11. The Bertz CT molecular complexity index is 773. The minimum absolute atomic E-state index is 0.0292. The number of fused-ring (bicyclic) bond motifs is 1. The quantitative estimate of drug-likeness (QED) is 0.947. The van der Waals surface area contributed by atoms with E-state index in [0.29, 0.717) is 6.42 Å². The maximum absolute atomic E-state index is 13.7. The van der Waals surface area contributed by atoms with E-state index < -0.39 is 9.84 Å². The van der Waals surface area contributed by atoms with Gasteiger partial charge in [-0.1, -0.05) is 12.1 Å². The zero-order valence-electron chi connectivity index (χ0n) is 11.5. The van der Waals surface area contributed by atoms with E-state index in [1.165, 1.54) is 18.3 Å². The first-order valence-electron chi connectivity index (χ1n) is 6.65. The van der Waals surface area contributed by atoms with Gasteiger partial charge in [0, 0.05) is 6.26 Å². The van der Waals surface area contributed by atoms with Crippen LogP contribution in [0, 0.1) is 5.82 Å². The van der Waals surface area contributed by atoms with Crippen LogP contribution in [-0.2, 0) is 16.3 Å². The highest BCUT2D eigenvalue weighted by Gasteiger charge is 2.24. The van der Waals surface area contributed by atoms with Crippen LogP contribution in [0.25, 0.3) is 0 Å². The van der Waals surface area contributed by atoms with Crippen molar-refractivity contribution in [3.63, 3.8) is 0 Å². The molecule has 1 aliphatic rings. The molecule has 0 amide bonds. The lowest BCUT2D eigenvalue weighted by Crippen LogP contribution is -2.08. The average Bonchev–Trinajstić information content (AvgIpc) is 2.83. The Balaban J connectivity index is 1.82. The summed E-state index contributed by atoms with van der Waals surface area (Å²) in [5.41, 5.74) is 2.45. The summed E-state index contributed by atoms with van der Waals surface area (Å²) in [7, 11) is -3.29. The number of benzene rings is 1. The molecule has 1 unspecified atom stereocenters. The Hall–Kier alpha value is -1.95. The first-order chi connectivity index (χ1) is 9.95. The maximum Gasteiger partial charge on any atom is 0.192 e. The van der Waals surface area contributed by atoms with Crippen LogP contribution in [0.5, 0.6) is 0 Å². The summed E-state index contributed by atoms with van der Waals surface area (Å²) in [5.74, 6) is -0.164. The fourth-order valence-electron chi connectivity index (χ4n) is 2.65. The highest BCUT2D eigenvalue weighted by molar-refractivity contribution is 7.90. The van der Waals surface area contributed by atoms with Crippen molar-refractivity contribution < 1.29 is 12.8 Å². The third kappa shape index (κ3) is 2.76. The number of hydrogen-bond acceptors (Lipinski definition) is 4. The Morgan fingerprint density at radius 1 is 1.29 bits per heavy atom. The topological polar surface area (TPSA) is 59.1 Å². The lowest BCUT2D eigenvalue weighted by molar-refractivity contribution is 0.598. The van der Waals surface area contributed by atoms with Crippen LogP contribution in [-0.4, -0.2) is 19.7 Å². The van der Waals surface area contributed by atoms with E-state index in [1.54, 1.807) is 12.1 Å². The zero-order chi connectivity index (χ0) is 15.0. The van der Waals surface area contributed by atoms with E-state index in [2.05, 4.69) is 10.3 Å². The molecule has 110 valence electrons. The Morgan fingerprint density at radius 2 is 2.10 bits per heavy atom. The highest BCUT2D eigenvalue weighted by Crippen LogP contribution is 2.35. The maximum atomic E-state index is 13.7. The molecule has 0 spiro atoms. The van der Waals surface area contributed by atoms with E-state index in [-0.39, 0.29) is 16.9 Å². The van der Waals surface area contributed by atoms with Crippen LogP contribution in [0.2, 0.25) is 0 Å². The monoisotopic (exact) mass is 306 g/mol. The van der Waals surface area contributed by atoms with E-state index in [4.69, 9.17) is 0 Å². The van der Waals surface area contributed by atoms with Crippen LogP contribution in [0.15, 0.2) is 41.6 Å². The molecule has 0 saturated carbocycles. The number of hydrogen-bond donors (Lipinski definition) is 1. The van der Waals surface area contributed by atoms with E-state index in [9.17, 15) is 12.8 Å². The molecule has 1 heterocycles. The van der Waals surface area contributed by atoms with Gasteiger partial charge in [0.15, 0.2) is 14.9 Å². The SMILES string of the molecule is CS(=O)(=O)c1ccc(NC2CCc3c(F)cccc32)cn1. The van der Waals surface area contributed by atoms with Gasteiger partial charge in [0.1, 0.15) is 5.82 Å². The summed E-state index contributed by atoms with van der Waals surface area (Å²) >= 11 is 0. The second-order valence-electron chi connectivity index (χ2n) is 5.20. The Kier molecular flexibility index (Phi) is 3.41. The summed E-state index contributed by atoms with van der Waals surface area (Å²) in [6.45, 7) is 0. The number of nitrogens with zero attached hydrogens (tertiary/aromatic N) is 1. The molecule has 0 radical (unpaired) electrons. The van der Waals surface area contributed by atoms with Crippen molar-refractivity contribution in [2.75, 3.05) is 11.6 Å². The number of aromatic nitrogens is 1. The van der Waals surface area contributed by atoms with E-state index in [1.807, 2.05) is 6.07 Å². The van der Waals surface area contributed by atoms with Crippen molar-refractivity contribution >= 4 is 15.5 Å². The van der Waals surface area contributed by atoms with Gasteiger partial charge in [-0.3, -0.25) is 0 Å². The fraction of sp³-hybridized carbons (Fsp3) is 0.267. The lowest BCUT2D eigenvalue weighted by Gasteiger charge is -2.15. The predicted molar refractivity (Wildman–Crippen MR) is 78.4 cm³/mol. The number of nitrogens with one attached hydrogen (secondary N) is 1. The number of sulfone groups is 1. The molecule has 1 atom stereocenters. The van der Waals surface area contributed by atoms with Crippen molar-refractivity contribution in [3.05, 3.63) is 53.5 Å². The fourth-order valence-corrected chi connectivity index (χ4v) is 3.21. The van der Waals surface area contributed by atoms with Gasteiger partial charge in [0.05, 0.1) is 17.9 Å². The molecule has 21 heavy (non-hydrogen) atoms. The minimum atomic E-state index is -3.29. The molecule has 1 N–H and O–H groups in total. The normalized spacial score (nSPS) is 17.5. The van der Waals surface area contributed by atoms with Crippen LogP contribution in [0.4, 0.5) is 10.1 Å². The van der Waals surface area contributed by atoms with Gasteiger partial charge in [-0.15, -0.1) is 0 Å². The minimum Gasteiger partial charge on any atom is -0.377 e. The average molecular weight is 306 g/mol. The summed E-state index contributed by atoms with van der Waals surface area (Å²) in [4.78, 5) is 3.94. The molecule has 0 saturated heterocycles. The van der Waals surface area contributed by atoms with Crippen LogP contribution >= 0.6 is 0 Å². The standard InChI is InChI=1S/C15H15FN2O2S/c1-21(19,20)15-8-5-10(9-17-15)18-14-7-6-11-12(14)3-2-4-13(11)16/h2-5,8-9,14,18H,6-7H2,1H3. The number of halogens is 1. The molecule has 0 bridgehead atoms. The molecule has 0 fully saturated rings. The largest absolute Gasteiger partial charge is 0.377 e. The molecule has 3 rings (SSSR count). The third-order valence-electron chi connectivity index (χ3n) is 3.67. The highest BCUT2D eigenvalue weighted by atomic mass is 32.2. The summed E-state index contributed by atoms with van der Waals surface area (Å²) in [6, 6.07) is 8.28. The van der Waals surface area contributed by atoms with Crippen molar-refractivity contribution in [3.8, 4) is 0 Å². The second-order valence-corrected chi connectivity index (χ2v) is 7.16. The summed E-state index contributed by atoms with van der Waals surface area (Å²) in [6.07, 6.45) is 4.13. The van der Waals surface area contributed by atoms with Gasteiger partial charge in [0.2, 0.25) is 0 Å². The zero-order valence-corrected chi connectivity index (χ0v) is 12.3. The number of pyridine rings is 1. The van der Waals surface area contributed by atoms with E-state index in [0.717, 1.165) is 29.5 Å². The van der Waals surface area contributed by atoms with Crippen LogP contribution in [0.1, 0.15) is 23.6 Å². The van der Waals surface area contributed by atoms with Gasteiger partial charge in [-0.2, -0.15) is 0 Å². The molecule has 0 aliphatic heterocycles. The van der Waals surface area contributed by atoms with Gasteiger partial charge in [-0.05, 0) is 42.2 Å². The van der Waals surface area contributed by atoms with Crippen molar-refractivity contribution in [1.29, 1.82) is 0 Å². The van der Waals surface area contributed by atoms with Gasteiger partial charge in [0.25, 0.3) is 0 Å². The molecule has 1 aliphatic carbocycles. The number of rotatable bonds is 3. The van der Waals surface area contributed by atoms with Crippen LogP contribution in [0.3, 0.4) is 0 Å². The molecular weight excluding hydrogens is 291 g/mol. The first kappa shape index (κ1) is 14.0. The smallest absolute Gasteiger partial charge is 0.192 e. The Morgan fingerprint density at radius 3 is 2.76 bits per heavy atom. The third-order valence-corrected chi connectivity index (χ3v) is 4.67.